The van der Waals surface area contributed by atoms with E-state index in [0.29, 0.717) is 24.2 Å². The molecule has 0 bridgehead atoms. The van der Waals surface area contributed by atoms with Crippen molar-refractivity contribution < 1.29 is 14.7 Å². The molecule has 4 rings (SSSR count). The van der Waals surface area contributed by atoms with Crippen LogP contribution in [-0.2, 0) is 24.2 Å². The first kappa shape index (κ1) is 17.3. The van der Waals surface area contributed by atoms with Crippen LogP contribution < -0.4 is 0 Å². The Morgan fingerprint density at radius 3 is 2.22 bits per heavy atom. The van der Waals surface area contributed by atoms with Crippen LogP contribution in [0, 0.1) is 0 Å². The number of carbonyl (C=O) groups excluding carboxylic acids is 1. The average molecular weight is 359 g/mol. The van der Waals surface area contributed by atoms with E-state index in [1.54, 1.807) is 12.1 Å². The molecule has 0 spiro atoms. The summed E-state index contributed by atoms with van der Waals surface area (Å²) in [5, 5.41) is 9.29. The predicted octanol–water partition coefficient (Wildman–Crippen LogP) is 4.08. The predicted molar refractivity (Wildman–Crippen MR) is 103 cm³/mol. The van der Waals surface area contributed by atoms with E-state index >= 15 is 0 Å². The summed E-state index contributed by atoms with van der Waals surface area (Å²) in [5.74, 6) is -1.39. The third-order valence-electron chi connectivity index (χ3n) is 5.30. The number of hydrogen-bond acceptors (Lipinski definition) is 2. The summed E-state index contributed by atoms with van der Waals surface area (Å²) in [4.78, 5) is 24.2. The molecule has 0 saturated heterocycles. The van der Waals surface area contributed by atoms with Gasteiger partial charge in [-0.3, -0.25) is 9.59 Å². The van der Waals surface area contributed by atoms with Crippen LogP contribution in [0.5, 0.6) is 0 Å². The highest BCUT2D eigenvalue weighted by molar-refractivity contribution is 6.08. The zero-order valence-electron chi connectivity index (χ0n) is 15.0. The number of ketones is 1. The van der Waals surface area contributed by atoms with E-state index in [1.807, 2.05) is 47.0 Å². The Morgan fingerprint density at radius 1 is 0.889 bits per heavy atom. The molecule has 1 aliphatic heterocycles. The second kappa shape index (κ2) is 7.23. The van der Waals surface area contributed by atoms with Crippen molar-refractivity contribution in [3.8, 4) is 0 Å². The number of carboxylic acids is 1. The maximum atomic E-state index is 12.9. The number of carboxylic acid groups (broad SMARTS) is 1. The van der Waals surface area contributed by atoms with Gasteiger partial charge in [0.15, 0.2) is 0 Å². The summed E-state index contributed by atoms with van der Waals surface area (Å²) < 4.78 is 1.85. The molecule has 0 radical (unpaired) electrons. The van der Waals surface area contributed by atoms with Crippen LogP contribution in [0.15, 0.2) is 66.7 Å². The number of fused-ring (bicyclic) bond motifs is 1. The fraction of sp³-hybridized carbons (Fsp3) is 0.217. The third-order valence-corrected chi connectivity index (χ3v) is 5.30. The lowest BCUT2D eigenvalue weighted by Crippen LogP contribution is -2.10. The van der Waals surface area contributed by atoms with Crippen LogP contribution in [0.2, 0.25) is 0 Å². The zero-order valence-corrected chi connectivity index (χ0v) is 15.0. The van der Waals surface area contributed by atoms with Gasteiger partial charge in [-0.05, 0) is 42.5 Å². The largest absolute Gasteiger partial charge is 0.481 e. The summed E-state index contributed by atoms with van der Waals surface area (Å²) >= 11 is 0. The van der Waals surface area contributed by atoms with Crippen LogP contribution >= 0.6 is 0 Å². The molecule has 2 aromatic carbocycles. The number of rotatable bonds is 6. The SMILES string of the molecule is O=C(c1ccc(CCc2ccccc2)cc1)c1ccc2n1CCC2C(=O)O. The van der Waals surface area contributed by atoms with Gasteiger partial charge in [-0.1, -0.05) is 54.6 Å². The standard InChI is InChI=1S/C23H21NO3/c25-22(21-13-12-20-19(23(26)27)14-15-24(20)21)18-10-8-17(9-11-18)7-6-16-4-2-1-3-5-16/h1-5,8-13,19H,6-7,14-15H2,(H,26,27). The Balaban J connectivity index is 1.47. The molecule has 0 saturated carbocycles. The normalized spacial score (nSPS) is 15.5. The van der Waals surface area contributed by atoms with E-state index in [0.717, 1.165) is 18.5 Å². The fourth-order valence-corrected chi connectivity index (χ4v) is 3.80. The average Bonchev–Trinajstić information content (AvgIpc) is 3.29. The number of hydrogen-bond donors (Lipinski definition) is 1. The van der Waals surface area contributed by atoms with Crippen molar-refractivity contribution in [2.24, 2.45) is 0 Å². The van der Waals surface area contributed by atoms with E-state index in [1.165, 1.54) is 11.1 Å². The van der Waals surface area contributed by atoms with Gasteiger partial charge in [0.05, 0.1) is 11.6 Å². The number of nitrogens with zero attached hydrogens (tertiary/aromatic N) is 1. The van der Waals surface area contributed by atoms with Crippen molar-refractivity contribution in [2.45, 2.75) is 31.7 Å². The molecule has 0 aliphatic carbocycles. The highest BCUT2D eigenvalue weighted by Gasteiger charge is 2.31. The summed E-state index contributed by atoms with van der Waals surface area (Å²) in [6, 6.07) is 21.6. The van der Waals surface area contributed by atoms with Gasteiger partial charge in [0, 0.05) is 17.8 Å². The molecule has 1 aliphatic rings. The second-order valence-electron chi connectivity index (χ2n) is 6.99. The quantitative estimate of drug-likeness (QED) is 0.675. The summed E-state index contributed by atoms with van der Waals surface area (Å²) in [5.41, 5.74) is 4.44. The molecule has 1 atom stereocenters. The van der Waals surface area contributed by atoms with Crippen molar-refractivity contribution in [1.82, 2.24) is 4.57 Å². The molecular formula is C23H21NO3. The fourth-order valence-electron chi connectivity index (χ4n) is 3.80. The van der Waals surface area contributed by atoms with Crippen molar-refractivity contribution in [3.05, 3.63) is 94.8 Å². The van der Waals surface area contributed by atoms with Crippen molar-refractivity contribution in [1.29, 1.82) is 0 Å². The maximum Gasteiger partial charge on any atom is 0.312 e. The summed E-state index contributed by atoms with van der Waals surface area (Å²) in [6.45, 7) is 0.579. The van der Waals surface area contributed by atoms with Gasteiger partial charge in [0.1, 0.15) is 0 Å². The minimum Gasteiger partial charge on any atom is -0.481 e. The lowest BCUT2D eigenvalue weighted by Gasteiger charge is -2.07. The first-order valence-electron chi connectivity index (χ1n) is 9.23. The first-order chi connectivity index (χ1) is 13.1. The van der Waals surface area contributed by atoms with E-state index in [4.69, 9.17) is 0 Å². The molecule has 4 heteroatoms. The number of aliphatic carboxylic acids is 1. The Kier molecular flexibility index (Phi) is 4.63. The van der Waals surface area contributed by atoms with Crippen LogP contribution in [0.4, 0.5) is 0 Å². The summed E-state index contributed by atoms with van der Waals surface area (Å²) in [7, 11) is 0. The zero-order chi connectivity index (χ0) is 18.8. The highest BCUT2D eigenvalue weighted by Crippen LogP contribution is 2.31. The Bertz CT molecular complexity index is 971. The van der Waals surface area contributed by atoms with Gasteiger partial charge in [-0.2, -0.15) is 0 Å². The molecule has 136 valence electrons. The lowest BCUT2D eigenvalue weighted by molar-refractivity contribution is -0.138. The minimum absolute atomic E-state index is 0.0538. The van der Waals surface area contributed by atoms with Crippen LogP contribution in [-0.4, -0.2) is 21.4 Å². The smallest absolute Gasteiger partial charge is 0.312 e. The van der Waals surface area contributed by atoms with Gasteiger partial charge in [-0.25, -0.2) is 0 Å². The monoisotopic (exact) mass is 359 g/mol. The first-order valence-corrected chi connectivity index (χ1v) is 9.23. The number of aryl methyl sites for hydroxylation is 2. The number of carbonyl (C=O) groups is 2. The van der Waals surface area contributed by atoms with Gasteiger partial charge in [0.2, 0.25) is 5.78 Å². The molecule has 1 N–H and O–H groups in total. The molecule has 2 heterocycles. The molecule has 0 amide bonds. The number of aromatic nitrogens is 1. The van der Waals surface area contributed by atoms with Gasteiger partial charge in [0.25, 0.3) is 0 Å². The van der Waals surface area contributed by atoms with Crippen LogP contribution in [0.25, 0.3) is 0 Å². The molecule has 4 nitrogen and oxygen atoms in total. The van der Waals surface area contributed by atoms with E-state index in [2.05, 4.69) is 12.1 Å². The Labute approximate surface area is 158 Å². The van der Waals surface area contributed by atoms with Gasteiger partial charge < -0.3 is 9.67 Å². The summed E-state index contributed by atoms with van der Waals surface area (Å²) in [6.07, 6.45) is 2.44. The Morgan fingerprint density at radius 2 is 1.56 bits per heavy atom. The number of benzene rings is 2. The van der Waals surface area contributed by atoms with Crippen LogP contribution in [0.1, 0.15) is 45.2 Å². The topological polar surface area (TPSA) is 59.3 Å². The molecule has 0 fully saturated rings. The molecule has 3 aromatic rings. The van der Waals surface area contributed by atoms with Gasteiger partial charge >= 0.3 is 5.97 Å². The van der Waals surface area contributed by atoms with Crippen LogP contribution in [0.3, 0.4) is 0 Å². The molecule has 27 heavy (non-hydrogen) atoms. The van der Waals surface area contributed by atoms with Crippen molar-refractivity contribution in [2.75, 3.05) is 0 Å². The molecule has 1 unspecified atom stereocenters. The van der Waals surface area contributed by atoms with Crippen molar-refractivity contribution >= 4 is 11.8 Å². The minimum atomic E-state index is -0.825. The lowest BCUT2D eigenvalue weighted by atomic mass is 10.0. The Hall–Kier alpha value is -3.14. The maximum absolute atomic E-state index is 12.9. The third kappa shape index (κ3) is 3.43. The van der Waals surface area contributed by atoms with Gasteiger partial charge in [-0.15, -0.1) is 0 Å². The molecule has 1 aromatic heterocycles. The van der Waals surface area contributed by atoms with E-state index in [9.17, 15) is 14.7 Å². The molecular weight excluding hydrogens is 338 g/mol. The van der Waals surface area contributed by atoms with Crippen molar-refractivity contribution in [3.63, 3.8) is 0 Å². The highest BCUT2D eigenvalue weighted by atomic mass is 16.4. The second-order valence-corrected chi connectivity index (χ2v) is 6.99. The van der Waals surface area contributed by atoms with E-state index in [-0.39, 0.29) is 5.78 Å². The van der Waals surface area contributed by atoms with E-state index < -0.39 is 11.9 Å².